The monoisotopic (exact) mass is 263 g/mol. The molecular weight excluding hydrogens is 238 g/mol. The van der Waals surface area contributed by atoms with Crippen LogP contribution >= 0.6 is 0 Å². The smallest absolute Gasteiger partial charge is 0.127 e. The molecule has 1 heterocycles. The highest BCUT2D eigenvalue weighted by molar-refractivity contribution is 5.48. The largest absolute Gasteiger partial charge is 0.487 e. The molecule has 2 rings (SSSR count). The quantitative estimate of drug-likeness (QED) is 0.858. The van der Waals surface area contributed by atoms with Gasteiger partial charge in [-0.15, -0.1) is 0 Å². The Kier molecular flexibility index (Phi) is 4.16. The molecule has 0 saturated heterocycles. The van der Waals surface area contributed by atoms with E-state index in [0.29, 0.717) is 6.42 Å². The Morgan fingerprint density at radius 3 is 2.79 bits per heavy atom. The van der Waals surface area contributed by atoms with E-state index in [9.17, 15) is 5.11 Å². The molecule has 3 N–H and O–H groups in total. The van der Waals surface area contributed by atoms with Crippen molar-refractivity contribution in [1.82, 2.24) is 0 Å². The second kappa shape index (κ2) is 5.51. The number of benzene rings is 1. The van der Waals surface area contributed by atoms with Crippen LogP contribution in [0.1, 0.15) is 50.7 Å². The van der Waals surface area contributed by atoms with E-state index in [0.717, 1.165) is 24.2 Å². The van der Waals surface area contributed by atoms with Gasteiger partial charge in [-0.2, -0.15) is 0 Å². The maximum atomic E-state index is 9.30. The molecule has 0 spiro atoms. The molecule has 1 aliphatic heterocycles. The van der Waals surface area contributed by atoms with Crippen molar-refractivity contribution < 1.29 is 9.84 Å². The van der Waals surface area contributed by atoms with Crippen molar-refractivity contribution in [2.45, 2.75) is 57.6 Å². The third-order valence-electron chi connectivity index (χ3n) is 3.95. The Hall–Kier alpha value is -1.06. The Bertz CT molecular complexity index is 442. The first-order valence-corrected chi connectivity index (χ1v) is 7.15. The van der Waals surface area contributed by atoms with Gasteiger partial charge in [-0.3, -0.25) is 0 Å². The molecule has 0 radical (unpaired) electrons. The van der Waals surface area contributed by atoms with Crippen LogP contribution in [0.2, 0.25) is 0 Å². The zero-order valence-corrected chi connectivity index (χ0v) is 12.1. The zero-order valence-electron chi connectivity index (χ0n) is 12.1. The van der Waals surface area contributed by atoms with Gasteiger partial charge in [0.2, 0.25) is 0 Å². The molecule has 0 aliphatic carbocycles. The molecule has 0 fully saturated rings. The van der Waals surface area contributed by atoms with Crippen LogP contribution in [-0.4, -0.2) is 23.4 Å². The van der Waals surface area contributed by atoms with Crippen LogP contribution in [0.25, 0.3) is 0 Å². The molecule has 0 amide bonds. The van der Waals surface area contributed by atoms with Gasteiger partial charge >= 0.3 is 0 Å². The number of ether oxygens (including phenoxy) is 1. The third-order valence-corrected chi connectivity index (χ3v) is 3.95. The van der Waals surface area contributed by atoms with Crippen molar-refractivity contribution in [3.8, 4) is 5.75 Å². The van der Waals surface area contributed by atoms with E-state index in [2.05, 4.69) is 39.0 Å². The van der Waals surface area contributed by atoms with Crippen molar-refractivity contribution in [3.63, 3.8) is 0 Å². The minimum Gasteiger partial charge on any atom is -0.487 e. The number of rotatable bonds is 5. The van der Waals surface area contributed by atoms with E-state index in [1.807, 2.05) is 0 Å². The number of hydrogen-bond donors (Lipinski definition) is 2. The number of aliphatic hydroxyl groups excluding tert-OH is 1. The molecule has 2 atom stereocenters. The minimum atomic E-state index is -0.140. The second-order valence-corrected chi connectivity index (χ2v) is 6.06. The summed E-state index contributed by atoms with van der Waals surface area (Å²) in [5.74, 6) is 1.16. The van der Waals surface area contributed by atoms with Gasteiger partial charge in [-0.25, -0.2) is 0 Å². The summed E-state index contributed by atoms with van der Waals surface area (Å²) in [5, 5.41) is 9.30. The summed E-state index contributed by atoms with van der Waals surface area (Å²) in [4.78, 5) is 0. The Morgan fingerprint density at radius 2 is 2.16 bits per heavy atom. The zero-order chi connectivity index (χ0) is 14.0. The average Bonchev–Trinajstić information content (AvgIpc) is 2.69. The highest BCUT2D eigenvalue weighted by atomic mass is 16.5. The van der Waals surface area contributed by atoms with Crippen molar-refractivity contribution in [2.75, 3.05) is 6.61 Å². The Balaban J connectivity index is 2.37. The topological polar surface area (TPSA) is 55.5 Å². The van der Waals surface area contributed by atoms with Crippen LogP contribution < -0.4 is 10.5 Å². The molecule has 0 saturated carbocycles. The van der Waals surface area contributed by atoms with Crippen LogP contribution in [0, 0.1) is 0 Å². The lowest BCUT2D eigenvalue weighted by Gasteiger charge is -2.25. The van der Waals surface area contributed by atoms with Crippen LogP contribution in [0.4, 0.5) is 0 Å². The van der Waals surface area contributed by atoms with Gasteiger partial charge in [0.05, 0.1) is 0 Å². The van der Waals surface area contributed by atoms with Gasteiger partial charge in [-0.05, 0) is 37.8 Å². The fourth-order valence-electron chi connectivity index (χ4n) is 2.96. The van der Waals surface area contributed by atoms with Gasteiger partial charge in [0.25, 0.3) is 0 Å². The Labute approximate surface area is 115 Å². The van der Waals surface area contributed by atoms with Gasteiger partial charge in [0.1, 0.15) is 11.4 Å². The summed E-state index contributed by atoms with van der Waals surface area (Å²) in [6.07, 6.45) is 2.52. The highest BCUT2D eigenvalue weighted by Crippen LogP contribution is 2.42. The van der Waals surface area contributed by atoms with E-state index in [-0.39, 0.29) is 24.2 Å². The van der Waals surface area contributed by atoms with Crippen LogP contribution in [0.15, 0.2) is 18.2 Å². The fourth-order valence-corrected chi connectivity index (χ4v) is 2.96. The standard InChI is InChI=1S/C16H25NO2/c1-4-14(17)12(8-9-18)13-7-5-6-11-10-16(2,3)19-15(11)13/h5-7,12,14,18H,4,8-10,17H2,1-3H3. The number of fused-ring (bicyclic) bond motifs is 1. The van der Waals surface area contributed by atoms with Crippen molar-refractivity contribution >= 4 is 0 Å². The van der Waals surface area contributed by atoms with Crippen LogP contribution in [-0.2, 0) is 6.42 Å². The van der Waals surface area contributed by atoms with E-state index >= 15 is 0 Å². The van der Waals surface area contributed by atoms with E-state index in [1.165, 1.54) is 5.56 Å². The third kappa shape index (κ3) is 2.93. The summed E-state index contributed by atoms with van der Waals surface area (Å²) in [6, 6.07) is 6.36. The summed E-state index contributed by atoms with van der Waals surface area (Å²) in [6.45, 7) is 6.46. The molecule has 1 aromatic carbocycles. The first-order valence-electron chi connectivity index (χ1n) is 7.15. The molecule has 1 aliphatic rings. The van der Waals surface area contributed by atoms with Crippen molar-refractivity contribution in [3.05, 3.63) is 29.3 Å². The average molecular weight is 263 g/mol. The molecule has 1 aromatic rings. The fraction of sp³-hybridized carbons (Fsp3) is 0.625. The molecule has 106 valence electrons. The first kappa shape index (κ1) is 14.4. The number of para-hydroxylation sites is 1. The van der Waals surface area contributed by atoms with E-state index in [4.69, 9.17) is 10.5 Å². The minimum absolute atomic E-state index is 0.0611. The molecular formula is C16H25NO2. The molecule has 3 nitrogen and oxygen atoms in total. The summed E-state index contributed by atoms with van der Waals surface area (Å²) in [7, 11) is 0. The molecule has 0 bridgehead atoms. The lowest BCUT2D eigenvalue weighted by molar-refractivity contribution is 0.136. The lowest BCUT2D eigenvalue weighted by atomic mass is 9.86. The van der Waals surface area contributed by atoms with Gasteiger partial charge < -0.3 is 15.6 Å². The maximum absolute atomic E-state index is 9.30. The second-order valence-electron chi connectivity index (χ2n) is 6.06. The Morgan fingerprint density at radius 1 is 1.42 bits per heavy atom. The number of nitrogens with two attached hydrogens (primary N) is 1. The highest BCUT2D eigenvalue weighted by Gasteiger charge is 2.34. The summed E-state index contributed by atoms with van der Waals surface area (Å²) >= 11 is 0. The molecule has 0 aromatic heterocycles. The van der Waals surface area contributed by atoms with Crippen LogP contribution in [0.5, 0.6) is 5.75 Å². The number of aliphatic hydroxyl groups is 1. The molecule has 3 heteroatoms. The normalized spacial score (nSPS) is 19.6. The SMILES string of the molecule is CCC(N)C(CCO)c1cccc2c1OC(C)(C)C2. The van der Waals surface area contributed by atoms with E-state index < -0.39 is 0 Å². The predicted octanol–water partition coefficient (Wildman–Crippen LogP) is 2.60. The van der Waals surface area contributed by atoms with Gasteiger partial charge in [0, 0.05) is 25.0 Å². The van der Waals surface area contributed by atoms with Crippen molar-refractivity contribution in [1.29, 1.82) is 0 Å². The van der Waals surface area contributed by atoms with E-state index in [1.54, 1.807) is 0 Å². The predicted molar refractivity (Wildman–Crippen MR) is 77.6 cm³/mol. The first-order chi connectivity index (χ1) is 8.98. The van der Waals surface area contributed by atoms with Gasteiger partial charge in [0.15, 0.2) is 0 Å². The lowest BCUT2D eigenvalue weighted by Crippen LogP contribution is -2.29. The molecule has 2 unspecified atom stereocenters. The van der Waals surface area contributed by atoms with Crippen molar-refractivity contribution in [2.24, 2.45) is 5.73 Å². The summed E-state index contributed by atoms with van der Waals surface area (Å²) < 4.78 is 6.11. The molecule has 19 heavy (non-hydrogen) atoms. The van der Waals surface area contributed by atoms with Crippen LogP contribution in [0.3, 0.4) is 0 Å². The maximum Gasteiger partial charge on any atom is 0.127 e. The summed E-state index contributed by atoms with van der Waals surface area (Å²) in [5.41, 5.74) is 8.51. The van der Waals surface area contributed by atoms with Gasteiger partial charge in [-0.1, -0.05) is 25.1 Å². The number of hydrogen-bond acceptors (Lipinski definition) is 3.